The molecule has 0 atom stereocenters. The monoisotopic (exact) mass is 376 g/mol. The molecular formula is C22H28N6. The molecule has 2 N–H and O–H groups in total. The quantitative estimate of drug-likeness (QED) is 0.531. The number of rotatable bonds is 5. The summed E-state index contributed by atoms with van der Waals surface area (Å²) in [5.41, 5.74) is 2.52. The fourth-order valence-electron chi connectivity index (χ4n) is 3.73. The highest BCUT2D eigenvalue weighted by molar-refractivity contribution is 5.83. The lowest BCUT2D eigenvalue weighted by molar-refractivity contribution is 0.371. The van der Waals surface area contributed by atoms with Crippen LogP contribution in [0.2, 0.25) is 0 Å². The van der Waals surface area contributed by atoms with E-state index in [4.69, 9.17) is 4.99 Å². The summed E-state index contributed by atoms with van der Waals surface area (Å²) in [5.74, 6) is 2.08. The third-order valence-electron chi connectivity index (χ3n) is 5.21. The van der Waals surface area contributed by atoms with Gasteiger partial charge in [-0.05, 0) is 37.1 Å². The summed E-state index contributed by atoms with van der Waals surface area (Å²) in [6.45, 7) is 7.62. The van der Waals surface area contributed by atoms with Gasteiger partial charge in [0.15, 0.2) is 5.96 Å². The van der Waals surface area contributed by atoms with Crippen molar-refractivity contribution in [2.24, 2.45) is 4.99 Å². The van der Waals surface area contributed by atoms with E-state index in [1.807, 2.05) is 18.3 Å². The van der Waals surface area contributed by atoms with Gasteiger partial charge in [-0.2, -0.15) is 0 Å². The van der Waals surface area contributed by atoms with Crippen molar-refractivity contribution >= 4 is 22.7 Å². The molecular weight excluding hydrogens is 348 g/mol. The van der Waals surface area contributed by atoms with Crippen LogP contribution in [0, 0.1) is 0 Å². The average molecular weight is 377 g/mol. The number of para-hydroxylation sites is 1. The number of benzene rings is 1. The smallest absolute Gasteiger partial charge is 0.194 e. The van der Waals surface area contributed by atoms with Crippen molar-refractivity contribution in [2.75, 3.05) is 44.2 Å². The van der Waals surface area contributed by atoms with Crippen molar-refractivity contribution in [2.45, 2.75) is 13.3 Å². The molecule has 6 nitrogen and oxygen atoms in total. The fourth-order valence-corrected chi connectivity index (χ4v) is 3.73. The van der Waals surface area contributed by atoms with E-state index in [1.54, 1.807) is 0 Å². The van der Waals surface area contributed by atoms with Gasteiger partial charge in [0.1, 0.15) is 5.82 Å². The number of aliphatic imine (C=N–C) groups is 1. The molecule has 0 spiro atoms. The first-order chi connectivity index (χ1) is 13.8. The third kappa shape index (κ3) is 4.11. The van der Waals surface area contributed by atoms with Crippen molar-refractivity contribution in [3.63, 3.8) is 0 Å². The summed E-state index contributed by atoms with van der Waals surface area (Å²) < 4.78 is 0. The number of H-pyrrole nitrogens is 1. The van der Waals surface area contributed by atoms with Crippen LogP contribution in [0.25, 0.3) is 10.9 Å². The number of anilines is 1. The second kappa shape index (κ2) is 8.78. The molecule has 6 heteroatoms. The molecule has 146 valence electrons. The molecule has 1 fully saturated rings. The van der Waals surface area contributed by atoms with Crippen LogP contribution in [0.15, 0.2) is 59.9 Å². The maximum absolute atomic E-state index is 4.90. The second-order valence-electron chi connectivity index (χ2n) is 7.01. The van der Waals surface area contributed by atoms with E-state index >= 15 is 0 Å². The van der Waals surface area contributed by atoms with Crippen molar-refractivity contribution in [3.05, 3.63) is 60.4 Å². The second-order valence-corrected chi connectivity index (χ2v) is 7.01. The molecule has 1 aliphatic heterocycles. The molecule has 3 aromatic rings. The highest BCUT2D eigenvalue weighted by Gasteiger charge is 2.20. The summed E-state index contributed by atoms with van der Waals surface area (Å²) >= 11 is 0. The molecule has 1 aromatic carbocycles. The van der Waals surface area contributed by atoms with Crippen LogP contribution in [0.5, 0.6) is 0 Å². The first-order valence-electron chi connectivity index (χ1n) is 10.1. The van der Waals surface area contributed by atoms with E-state index in [9.17, 15) is 0 Å². The van der Waals surface area contributed by atoms with Crippen molar-refractivity contribution in [1.29, 1.82) is 0 Å². The van der Waals surface area contributed by atoms with E-state index in [2.05, 4.69) is 68.5 Å². The van der Waals surface area contributed by atoms with E-state index in [0.29, 0.717) is 0 Å². The Morgan fingerprint density at radius 1 is 1.11 bits per heavy atom. The summed E-state index contributed by atoms with van der Waals surface area (Å²) in [5, 5.41) is 4.76. The molecule has 1 saturated heterocycles. The highest BCUT2D eigenvalue weighted by atomic mass is 15.4. The van der Waals surface area contributed by atoms with Crippen LogP contribution < -0.4 is 10.2 Å². The molecule has 1 aliphatic rings. The Bertz CT molecular complexity index is 909. The molecule has 0 bridgehead atoms. The van der Waals surface area contributed by atoms with Crippen LogP contribution in [0.1, 0.15) is 12.5 Å². The summed E-state index contributed by atoms with van der Waals surface area (Å²) in [4.78, 5) is 17.4. The lowest BCUT2D eigenvalue weighted by Crippen LogP contribution is -2.52. The minimum absolute atomic E-state index is 0.782. The van der Waals surface area contributed by atoms with Crippen LogP contribution in [0.4, 0.5) is 5.82 Å². The zero-order chi connectivity index (χ0) is 19.2. The van der Waals surface area contributed by atoms with Gasteiger partial charge in [0, 0.05) is 62.6 Å². The number of nitrogens with zero attached hydrogens (tertiary/aromatic N) is 4. The Hall–Kier alpha value is -3.02. The standard InChI is InChI=1S/C22H28N6/c1-2-23-22(25-12-10-18-17-26-20-8-4-3-7-19(18)20)28-15-13-27(14-16-28)21-9-5-6-11-24-21/h3-9,11,17,26H,2,10,12-16H2,1H3,(H,23,25). The Kier molecular flexibility index (Phi) is 5.75. The minimum Gasteiger partial charge on any atom is -0.361 e. The summed E-state index contributed by atoms with van der Waals surface area (Å²) in [6.07, 6.45) is 4.91. The fraction of sp³-hybridized carbons (Fsp3) is 0.364. The third-order valence-corrected chi connectivity index (χ3v) is 5.21. The van der Waals surface area contributed by atoms with Crippen LogP contribution in [-0.4, -0.2) is 60.1 Å². The molecule has 0 unspecified atom stereocenters. The SMILES string of the molecule is CCNC(=NCCc1c[nH]c2ccccc12)N1CCN(c2ccccn2)CC1. The Morgan fingerprint density at radius 2 is 1.93 bits per heavy atom. The Morgan fingerprint density at radius 3 is 2.71 bits per heavy atom. The largest absolute Gasteiger partial charge is 0.361 e. The normalized spacial score (nSPS) is 15.2. The molecule has 0 amide bonds. The number of nitrogens with one attached hydrogen (secondary N) is 2. The number of aromatic nitrogens is 2. The number of fused-ring (bicyclic) bond motifs is 1. The van der Waals surface area contributed by atoms with Crippen molar-refractivity contribution in [3.8, 4) is 0 Å². The Balaban J connectivity index is 1.37. The minimum atomic E-state index is 0.782. The van der Waals surface area contributed by atoms with Gasteiger partial charge in [0.2, 0.25) is 0 Å². The van der Waals surface area contributed by atoms with Gasteiger partial charge in [0.05, 0.1) is 0 Å². The number of pyridine rings is 1. The molecule has 28 heavy (non-hydrogen) atoms. The van der Waals surface area contributed by atoms with E-state index in [1.165, 1.54) is 16.5 Å². The lowest BCUT2D eigenvalue weighted by Gasteiger charge is -2.37. The first kappa shape index (κ1) is 18.3. The summed E-state index contributed by atoms with van der Waals surface area (Å²) in [7, 11) is 0. The summed E-state index contributed by atoms with van der Waals surface area (Å²) in [6, 6.07) is 14.5. The van der Waals surface area contributed by atoms with Crippen molar-refractivity contribution in [1.82, 2.24) is 20.2 Å². The molecule has 0 saturated carbocycles. The van der Waals surface area contributed by atoms with E-state index in [-0.39, 0.29) is 0 Å². The zero-order valence-corrected chi connectivity index (χ0v) is 16.4. The predicted molar refractivity (Wildman–Crippen MR) is 116 cm³/mol. The van der Waals surface area contributed by atoms with Gasteiger partial charge < -0.3 is 20.1 Å². The highest BCUT2D eigenvalue weighted by Crippen LogP contribution is 2.18. The number of hydrogen-bond acceptors (Lipinski definition) is 3. The molecule has 4 rings (SSSR count). The number of aromatic amines is 1. The van der Waals surface area contributed by atoms with Gasteiger partial charge in [-0.1, -0.05) is 24.3 Å². The van der Waals surface area contributed by atoms with Crippen LogP contribution in [-0.2, 0) is 6.42 Å². The first-order valence-corrected chi connectivity index (χ1v) is 10.1. The zero-order valence-electron chi connectivity index (χ0n) is 16.4. The van der Waals surface area contributed by atoms with Gasteiger partial charge in [0.25, 0.3) is 0 Å². The molecule has 3 heterocycles. The van der Waals surface area contributed by atoms with Gasteiger partial charge in [-0.25, -0.2) is 4.98 Å². The molecule has 2 aromatic heterocycles. The average Bonchev–Trinajstić information content (AvgIpc) is 3.17. The molecule has 0 aliphatic carbocycles. The maximum atomic E-state index is 4.90. The van der Waals surface area contributed by atoms with Gasteiger partial charge >= 0.3 is 0 Å². The number of hydrogen-bond donors (Lipinski definition) is 2. The lowest BCUT2D eigenvalue weighted by atomic mass is 10.1. The van der Waals surface area contributed by atoms with E-state index in [0.717, 1.165) is 57.5 Å². The maximum Gasteiger partial charge on any atom is 0.194 e. The predicted octanol–water partition coefficient (Wildman–Crippen LogP) is 2.89. The Labute approximate surface area is 166 Å². The van der Waals surface area contributed by atoms with Crippen molar-refractivity contribution < 1.29 is 0 Å². The van der Waals surface area contributed by atoms with Crippen LogP contribution >= 0.6 is 0 Å². The number of guanidine groups is 1. The van der Waals surface area contributed by atoms with Crippen LogP contribution in [0.3, 0.4) is 0 Å². The molecule has 0 radical (unpaired) electrons. The van der Waals surface area contributed by atoms with Gasteiger partial charge in [-0.3, -0.25) is 4.99 Å². The van der Waals surface area contributed by atoms with Gasteiger partial charge in [-0.15, -0.1) is 0 Å². The topological polar surface area (TPSA) is 59.6 Å². The number of piperazine rings is 1. The van der Waals surface area contributed by atoms with E-state index < -0.39 is 0 Å².